The normalized spacial score (nSPS) is 11.4. The molecule has 17 heavy (non-hydrogen) atoms. The van der Waals surface area contributed by atoms with Crippen LogP contribution in [0.4, 0.5) is 5.69 Å². The Balaban J connectivity index is 2.80. The van der Waals surface area contributed by atoms with Gasteiger partial charge in [0.25, 0.3) is 0 Å². The molecule has 0 aliphatic carbocycles. The maximum Gasteiger partial charge on any atom is 0.235 e. The Morgan fingerprint density at radius 1 is 1.29 bits per heavy atom. The van der Waals surface area contributed by atoms with Crippen LogP contribution in [0.5, 0.6) is 0 Å². The summed E-state index contributed by atoms with van der Waals surface area (Å²) in [5.41, 5.74) is 6.02. The van der Waals surface area contributed by atoms with E-state index in [9.17, 15) is 8.42 Å². The molecular formula is C11H19N3O2S. The van der Waals surface area contributed by atoms with Crippen molar-refractivity contribution in [3.05, 3.63) is 24.5 Å². The molecule has 96 valence electrons. The maximum absolute atomic E-state index is 12.1. The van der Waals surface area contributed by atoms with Gasteiger partial charge in [-0.2, -0.15) is 0 Å². The van der Waals surface area contributed by atoms with Crippen LogP contribution < -0.4 is 10.0 Å². The number of nitrogens with two attached hydrogens (primary N) is 1. The van der Waals surface area contributed by atoms with Gasteiger partial charge < -0.3 is 5.73 Å². The minimum Gasteiger partial charge on any atom is -0.330 e. The molecule has 1 heterocycles. The first-order valence-corrected chi connectivity index (χ1v) is 7.33. The monoisotopic (exact) mass is 257 g/mol. The highest BCUT2D eigenvalue weighted by molar-refractivity contribution is 7.92. The highest BCUT2D eigenvalue weighted by Gasteiger charge is 2.19. The lowest BCUT2D eigenvalue weighted by atomic mass is 10.3. The Morgan fingerprint density at radius 3 is 2.47 bits per heavy atom. The predicted molar refractivity (Wildman–Crippen MR) is 69.3 cm³/mol. The summed E-state index contributed by atoms with van der Waals surface area (Å²) in [4.78, 5) is 3.88. The van der Waals surface area contributed by atoms with Crippen LogP contribution in [0.15, 0.2) is 24.5 Å². The lowest BCUT2D eigenvalue weighted by molar-refractivity contribution is 0.587. The molecule has 2 N–H and O–H groups in total. The second-order valence-corrected chi connectivity index (χ2v) is 5.69. The number of anilines is 1. The zero-order chi connectivity index (χ0) is 12.7. The van der Waals surface area contributed by atoms with Crippen LogP contribution in [0.25, 0.3) is 0 Å². The van der Waals surface area contributed by atoms with E-state index in [4.69, 9.17) is 5.73 Å². The van der Waals surface area contributed by atoms with Gasteiger partial charge in [0.1, 0.15) is 0 Å². The molecule has 1 rings (SSSR count). The standard InChI is InChI=1S/C11H19N3O2S/c1-2-14(11-5-8-13-9-6-11)17(15,16)10-4-3-7-12/h5-6,8-9H,2-4,7,10,12H2,1H3. The van der Waals surface area contributed by atoms with Crippen molar-refractivity contribution in [2.24, 2.45) is 5.73 Å². The molecule has 0 aliphatic rings. The van der Waals surface area contributed by atoms with E-state index in [1.54, 1.807) is 24.5 Å². The number of nitrogens with zero attached hydrogens (tertiary/aromatic N) is 2. The van der Waals surface area contributed by atoms with Gasteiger partial charge >= 0.3 is 0 Å². The smallest absolute Gasteiger partial charge is 0.235 e. The second-order valence-electron chi connectivity index (χ2n) is 3.68. The topological polar surface area (TPSA) is 76.3 Å². The molecule has 1 aromatic heterocycles. The maximum atomic E-state index is 12.1. The number of sulfonamides is 1. The van der Waals surface area contributed by atoms with Gasteiger partial charge in [0.15, 0.2) is 0 Å². The summed E-state index contributed by atoms with van der Waals surface area (Å²) in [5.74, 6) is 0.139. The molecule has 0 bridgehead atoms. The molecule has 0 aliphatic heterocycles. The molecular weight excluding hydrogens is 238 g/mol. The molecule has 1 aromatic rings. The van der Waals surface area contributed by atoms with E-state index in [1.165, 1.54) is 4.31 Å². The predicted octanol–water partition coefficient (Wildman–Crippen LogP) is 0.977. The molecule has 0 unspecified atom stereocenters. The lowest BCUT2D eigenvalue weighted by Gasteiger charge is -2.22. The van der Waals surface area contributed by atoms with Crippen molar-refractivity contribution in [2.75, 3.05) is 23.1 Å². The summed E-state index contributed by atoms with van der Waals surface area (Å²) >= 11 is 0. The zero-order valence-electron chi connectivity index (χ0n) is 10.0. The Kier molecular flexibility index (Phi) is 5.37. The van der Waals surface area contributed by atoms with Crippen LogP contribution in [0, 0.1) is 0 Å². The van der Waals surface area contributed by atoms with E-state index in [0.29, 0.717) is 25.2 Å². The van der Waals surface area contributed by atoms with Gasteiger partial charge in [-0.3, -0.25) is 9.29 Å². The summed E-state index contributed by atoms with van der Waals surface area (Å²) in [6, 6.07) is 3.40. The molecule has 5 nitrogen and oxygen atoms in total. The Bertz CT molecular complexity index is 420. The average molecular weight is 257 g/mol. The Hall–Kier alpha value is -1.14. The first kappa shape index (κ1) is 13.9. The highest BCUT2D eigenvalue weighted by atomic mass is 32.2. The lowest BCUT2D eigenvalue weighted by Crippen LogP contribution is -2.33. The first-order chi connectivity index (χ1) is 8.11. The molecule has 0 amide bonds. The van der Waals surface area contributed by atoms with Gasteiger partial charge in [0.05, 0.1) is 11.4 Å². The number of rotatable bonds is 7. The van der Waals surface area contributed by atoms with Crippen molar-refractivity contribution in [2.45, 2.75) is 19.8 Å². The van der Waals surface area contributed by atoms with Crippen LogP contribution in [-0.2, 0) is 10.0 Å². The van der Waals surface area contributed by atoms with E-state index in [1.807, 2.05) is 6.92 Å². The molecule has 0 saturated carbocycles. The van der Waals surface area contributed by atoms with Gasteiger partial charge in [0.2, 0.25) is 10.0 Å². The first-order valence-electron chi connectivity index (χ1n) is 5.72. The number of aromatic nitrogens is 1. The van der Waals surface area contributed by atoms with Crippen LogP contribution >= 0.6 is 0 Å². The van der Waals surface area contributed by atoms with Gasteiger partial charge in [-0.05, 0) is 38.4 Å². The van der Waals surface area contributed by atoms with Crippen LogP contribution in [0.2, 0.25) is 0 Å². The molecule has 0 saturated heterocycles. The quantitative estimate of drug-likeness (QED) is 0.739. The number of unbranched alkanes of at least 4 members (excludes halogenated alkanes) is 1. The summed E-state index contributed by atoms with van der Waals surface area (Å²) < 4.78 is 25.6. The van der Waals surface area contributed by atoms with Gasteiger partial charge in [-0.15, -0.1) is 0 Å². The van der Waals surface area contributed by atoms with Gasteiger partial charge in [-0.1, -0.05) is 0 Å². The van der Waals surface area contributed by atoms with Crippen molar-refractivity contribution in [1.29, 1.82) is 0 Å². The largest absolute Gasteiger partial charge is 0.330 e. The van der Waals surface area contributed by atoms with Crippen LogP contribution in [-0.4, -0.2) is 32.2 Å². The highest BCUT2D eigenvalue weighted by Crippen LogP contribution is 2.17. The minimum absolute atomic E-state index is 0.139. The molecule has 6 heteroatoms. The molecule has 0 spiro atoms. The second kappa shape index (κ2) is 6.56. The fourth-order valence-electron chi connectivity index (χ4n) is 1.59. The summed E-state index contributed by atoms with van der Waals surface area (Å²) in [7, 11) is -3.25. The van der Waals surface area contributed by atoms with E-state index >= 15 is 0 Å². The number of pyridine rings is 1. The van der Waals surface area contributed by atoms with Gasteiger partial charge in [-0.25, -0.2) is 8.42 Å². The van der Waals surface area contributed by atoms with Crippen molar-refractivity contribution in [3.63, 3.8) is 0 Å². The summed E-state index contributed by atoms with van der Waals surface area (Å²) in [6.45, 7) is 2.77. The number of hydrogen-bond donors (Lipinski definition) is 1. The molecule has 0 radical (unpaired) electrons. The third-order valence-corrected chi connectivity index (χ3v) is 4.38. The third-order valence-electron chi connectivity index (χ3n) is 2.43. The third kappa shape index (κ3) is 3.98. The van der Waals surface area contributed by atoms with Crippen LogP contribution in [0.3, 0.4) is 0 Å². The summed E-state index contributed by atoms with van der Waals surface area (Å²) in [6.07, 6.45) is 4.51. The van der Waals surface area contributed by atoms with E-state index in [2.05, 4.69) is 4.98 Å². The van der Waals surface area contributed by atoms with E-state index < -0.39 is 10.0 Å². The molecule has 0 atom stereocenters. The van der Waals surface area contributed by atoms with Crippen LogP contribution in [0.1, 0.15) is 19.8 Å². The molecule has 0 fully saturated rings. The fraction of sp³-hybridized carbons (Fsp3) is 0.545. The minimum atomic E-state index is -3.25. The van der Waals surface area contributed by atoms with E-state index in [0.717, 1.165) is 6.42 Å². The van der Waals surface area contributed by atoms with Crippen molar-refractivity contribution >= 4 is 15.7 Å². The van der Waals surface area contributed by atoms with Crippen molar-refractivity contribution < 1.29 is 8.42 Å². The Morgan fingerprint density at radius 2 is 1.94 bits per heavy atom. The SMILES string of the molecule is CCN(c1ccncc1)S(=O)(=O)CCCCN. The number of hydrogen-bond acceptors (Lipinski definition) is 4. The molecule has 0 aromatic carbocycles. The average Bonchev–Trinajstić information content (AvgIpc) is 2.31. The van der Waals surface area contributed by atoms with Crippen molar-refractivity contribution in [1.82, 2.24) is 4.98 Å². The van der Waals surface area contributed by atoms with E-state index in [-0.39, 0.29) is 5.75 Å². The van der Waals surface area contributed by atoms with Crippen molar-refractivity contribution in [3.8, 4) is 0 Å². The van der Waals surface area contributed by atoms with Gasteiger partial charge in [0, 0.05) is 18.9 Å². The zero-order valence-corrected chi connectivity index (χ0v) is 10.9. The fourth-order valence-corrected chi connectivity index (χ4v) is 3.21. The Labute approximate surface area is 103 Å². The summed E-state index contributed by atoms with van der Waals surface area (Å²) in [5, 5.41) is 0.